The highest BCUT2D eigenvalue weighted by molar-refractivity contribution is 7.60. The second-order valence-electron chi connectivity index (χ2n) is 16.8. The van der Waals surface area contributed by atoms with Crippen molar-refractivity contribution in [3.8, 4) is 0 Å². The van der Waals surface area contributed by atoms with Crippen LogP contribution in [0.4, 0.5) is 14.4 Å². The normalized spacial score (nSPS) is 12.1. The topological polar surface area (TPSA) is 355 Å². The van der Waals surface area contributed by atoms with Crippen molar-refractivity contribution >= 4 is 134 Å². The number of rotatable bonds is 19. The quantitative estimate of drug-likeness (QED) is 0.0582. The van der Waals surface area contributed by atoms with Crippen molar-refractivity contribution in [1.82, 2.24) is 16.0 Å². The predicted molar refractivity (Wildman–Crippen MR) is 294 cm³/mol. The maximum atomic E-state index is 11.7. The molecule has 0 unspecified atom stereocenters. The Morgan fingerprint density at radius 3 is 1.19 bits per heavy atom. The summed E-state index contributed by atoms with van der Waals surface area (Å²) in [4.78, 5) is 121. The average Bonchev–Trinajstić information content (AvgIpc) is 3.18. The van der Waals surface area contributed by atoms with Gasteiger partial charge in [-0.25, -0.2) is 24.0 Å². The van der Waals surface area contributed by atoms with Gasteiger partial charge in [-0.2, -0.15) is 67.5 Å². The fraction of sp³-hybridized carbons (Fsp3) is 0.744. The Labute approximate surface area is 460 Å². The minimum Gasteiger partial charge on any atom is -0.481 e. The van der Waals surface area contributed by atoms with E-state index in [1.54, 1.807) is 76.2 Å². The molecule has 0 aliphatic rings. The number of carboxylic acid groups (broad SMARTS) is 2. The number of carbonyl (C=O) groups is 11. The number of aldehydes is 2. The Morgan fingerprint density at radius 1 is 0.528 bits per heavy atom. The minimum atomic E-state index is -1.17. The molecule has 3 amide bonds. The lowest BCUT2D eigenvalue weighted by molar-refractivity contribution is -0.148. The van der Waals surface area contributed by atoms with E-state index in [1.807, 2.05) is 0 Å². The zero-order valence-corrected chi connectivity index (χ0v) is 47.7. The first-order valence-electron chi connectivity index (χ1n) is 20.0. The number of aliphatic carboxylic acids is 2. The van der Waals surface area contributed by atoms with Crippen LogP contribution in [-0.4, -0.2) is 146 Å². The Bertz CT molecular complexity index is 1560. The third kappa shape index (κ3) is 58.3. The van der Waals surface area contributed by atoms with E-state index in [4.69, 9.17) is 30.2 Å². The summed E-state index contributed by atoms with van der Waals surface area (Å²) in [6, 6.07) is -3.66. The molecule has 0 aliphatic carbocycles. The number of alkyl carbamates (subject to hydrolysis) is 3. The first-order chi connectivity index (χ1) is 29.6. The van der Waals surface area contributed by atoms with E-state index >= 15 is 0 Å². The maximum Gasteiger partial charge on any atom is 0.408 e. The molecule has 0 saturated carbocycles. The van der Waals surface area contributed by atoms with Crippen molar-refractivity contribution in [3.05, 3.63) is 0 Å². The smallest absolute Gasteiger partial charge is 0.408 e. The first-order valence-corrected chi connectivity index (χ1v) is 20.0. The molecular formula is C43H90N4O20S5. The van der Waals surface area contributed by atoms with E-state index in [0.717, 1.165) is 6.29 Å². The summed E-state index contributed by atoms with van der Waals surface area (Å²) in [6.07, 6.45) is -0.592. The number of amides is 3. The van der Waals surface area contributed by atoms with Gasteiger partial charge in [0.15, 0.2) is 0 Å². The van der Waals surface area contributed by atoms with Crippen LogP contribution >= 0.6 is 67.5 Å². The average molecular weight is 1140 g/mol. The van der Waals surface area contributed by atoms with Gasteiger partial charge >= 0.3 is 54.1 Å². The van der Waals surface area contributed by atoms with Gasteiger partial charge < -0.3 is 74.6 Å². The predicted octanol–water partition coefficient (Wildman–Crippen LogP) is 4.66. The maximum absolute atomic E-state index is 11.7. The molecule has 0 bridgehead atoms. The van der Waals surface area contributed by atoms with Crippen LogP contribution in [0.3, 0.4) is 0 Å². The number of nitrogens with two attached hydrogens (primary N) is 1. The zero-order valence-electron chi connectivity index (χ0n) is 42.7. The second kappa shape index (κ2) is 48.9. The Hall–Kier alpha value is -4.32. The van der Waals surface area contributed by atoms with E-state index in [0.29, 0.717) is 6.29 Å². The molecule has 29 heteroatoms. The molecule has 0 aliphatic heterocycles. The second-order valence-corrected chi connectivity index (χ2v) is 16.8. The molecule has 0 saturated heterocycles. The molecule has 7 N–H and O–H groups in total. The van der Waals surface area contributed by atoms with E-state index in [-0.39, 0.29) is 127 Å². The van der Waals surface area contributed by atoms with E-state index < -0.39 is 101 Å². The Kier molecular flexibility index (Phi) is 63.6. The van der Waals surface area contributed by atoms with Crippen LogP contribution in [0.2, 0.25) is 0 Å². The van der Waals surface area contributed by atoms with Crippen molar-refractivity contribution in [1.29, 1.82) is 0 Å². The first kappa shape index (κ1) is 93.7. The largest absolute Gasteiger partial charge is 0.481 e. The molecule has 0 rings (SSSR count). The molecule has 72 heavy (non-hydrogen) atoms. The highest BCUT2D eigenvalue weighted by Gasteiger charge is 2.30. The molecule has 0 aromatic rings. The lowest BCUT2D eigenvalue weighted by atomic mass is 10.0. The van der Waals surface area contributed by atoms with Crippen molar-refractivity contribution in [2.24, 2.45) is 17.6 Å². The lowest BCUT2D eigenvalue weighted by Crippen LogP contribution is -2.45. The lowest BCUT2D eigenvalue weighted by Gasteiger charge is -2.23. The van der Waals surface area contributed by atoms with Gasteiger partial charge in [0, 0.05) is 18.8 Å². The molecule has 6 atom stereocenters. The highest BCUT2D eigenvalue weighted by Crippen LogP contribution is 2.13. The number of hydrogen-bond acceptors (Lipinski definition) is 19. The Morgan fingerprint density at radius 2 is 0.889 bits per heavy atom. The van der Waals surface area contributed by atoms with Gasteiger partial charge in [-0.15, -0.1) is 0 Å². The third-order valence-electron chi connectivity index (χ3n) is 7.12. The van der Waals surface area contributed by atoms with E-state index in [1.165, 1.54) is 28.4 Å². The minimum absolute atomic E-state index is 0. The third-order valence-corrected chi connectivity index (χ3v) is 7.12. The summed E-state index contributed by atoms with van der Waals surface area (Å²) < 4.78 is 33.3. The summed E-state index contributed by atoms with van der Waals surface area (Å²) in [6.45, 7) is 18.7. The van der Waals surface area contributed by atoms with Crippen LogP contribution in [0.15, 0.2) is 0 Å². The van der Waals surface area contributed by atoms with Crippen molar-refractivity contribution in [2.45, 2.75) is 171 Å². The summed E-state index contributed by atoms with van der Waals surface area (Å²) in [5.74, 6) is -5.26. The number of methoxy groups -OCH3 is 4. The van der Waals surface area contributed by atoms with Crippen molar-refractivity contribution < 1.29 is 96.1 Å². The fourth-order valence-corrected chi connectivity index (χ4v) is 4.13. The van der Waals surface area contributed by atoms with E-state index in [9.17, 15) is 52.7 Å². The molecule has 0 heterocycles. The van der Waals surface area contributed by atoms with Gasteiger partial charge in [0.25, 0.3) is 0 Å². The van der Waals surface area contributed by atoms with Crippen LogP contribution < -0.4 is 21.7 Å². The van der Waals surface area contributed by atoms with Gasteiger partial charge in [0.05, 0.1) is 40.4 Å². The summed E-state index contributed by atoms with van der Waals surface area (Å²) >= 11 is 0. The molecule has 24 nitrogen and oxygen atoms in total. The van der Waals surface area contributed by atoms with Crippen LogP contribution in [0.25, 0.3) is 0 Å². The Balaban J connectivity index is -0.0000000758. The zero-order chi connectivity index (χ0) is 51.9. The number of nitrogens with one attached hydrogen (secondary N) is 3. The molecule has 0 aromatic heterocycles. The molecular weight excluding hydrogens is 1050 g/mol. The SMILES string of the molecule is C.C.COC(=O)CC[C@H](NC(=O)OC(C)(C)C)C(=O)OC.COC(=O)[C@H](C[C@H](C)C(=O)OC)NC(=O)OC(C)(C)C.C[C@H](C=O)C[C@@H](C=O)NC(=O)OC(C)(C)C.N[C@@H](CCC(=O)O)C(=O)O.S.S.S.S.S. The number of carbonyl (C=O) groups excluding carboxylic acids is 9. The van der Waals surface area contributed by atoms with Gasteiger partial charge in [0.2, 0.25) is 0 Å². The van der Waals surface area contributed by atoms with Crippen LogP contribution in [-0.2, 0) is 71.5 Å². The van der Waals surface area contributed by atoms with Gasteiger partial charge in [0.1, 0.15) is 47.5 Å². The number of carboxylic acids is 2. The van der Waals surface area contributed by atoms with Crippen molar-refractivity contribution in [3.63, 3.8) is 0 Å². The van der Waals surface area contributed by atoms with Gasteiger partial charge in [-0.05, 0) is 88.0 Å². The summed E-state index contributed by atoms with van der Waals surface area (Å²) in [5, 5.41) is 23.4. The van der Waals surface area contributed by atoms with Crippen LogP contribution in [0, 0.1) is 11.8 Å². The van der Waals surface area contributed by atoms with Crippen molar-refractivity contribution in [2.75, 3.05) is 28.4 Å². The molecule has 0 fully saturated rings. The number of esters is 4. The molecule has 0 spiro atoms. The van der Waals surface area contributed by atoms with Crippen LogP contribution in [0.5, 0.6) is 0 Å². The highest BCUT2D eigenvalue weighted by atomic mass is 32.1. The molecule has 0 aromatic carbocycles. The molecule has 432 valence electrons. The van der Waals surface area contributed by atoms with Gasteiger partial charge in [-0.3, -0.25) is 19.2 Å². The number of ether oxygens (including phenoxy) is 7. The summed E-state index contributed by atoms with van der Waals surface area (Å²) in [7, 11) is 4.91. The van der Waals surface area contributed by atoms with Crippen LogP contribution in [0.1, 0.15) is 130 Å². The standard InChI is InChI=1S/C13H23NO6.C12H21NO6.C11H19NO4.C5H9NO4.2CH4.5H2S/c1-8(10(15)18-5)7-9(11(16)19-6)14-12(17)20-13(2,3)4;1-12(2,3)19-11(16)13-8(10(15)18-5)6-7-9(14)17-4;1-8(6-13)5-9(7-14)12-10(15)16-11(2,3)4;6-3(5(9)10)1-2-4(7)8;;;;;;;/h8-9H,7H2,1-6H3,(H,14,17);8H,6-7H2,1-5H3,(H,13,16);6-9H,5H2,1-4H3,(H,12,15);3H,1-2,6H2,(H,7,8)(H,9,10);2*1H4;5*1H2/t8-,9-;8-;8-,9-;3-;;;;;;;/m0000......./s1. The summed E-state index contributed by atoms with van der Waals surface area (Å²) in [5.41, 5.74) is 3.04. The van der Waals surface area contributed by atoms with Gasteiger partial charge in [-0.1, -0.05) is 28.7 Å². The molecule has 0 radical (unpaired) electrons. The van der Waals surface area contributed by atoms with E-state index in [2.05, 4.69) is 34.9 Å². The number of hydrogen-bond donors (Lipinski definition) is 6. The fourth-order valence-electron chi connectivity index (χ4n) is 4.13. The monoisotopic (exact) mass is 1140 g/mol.